The van der Waals surface area contributed by atoms with Crippen molar-refractivity contribution < 1.29 is 0 Å². The van der Waals surface area contributed by atoms with Crippen LogP contribution in [-0.4, -0.2) is 9.78 Å². The number of nitrogens with one attached hydrogen (secondary N) is 1. The van der Waals surface area contributed by atoms with Crippen molar-refractivity contribution in [3.8, 4) is 0 Å². The standard InChI is InChI=1S/C11H20N4/c1-2-15-10(7-8-13-15)11(14-12)9-5-3-4-6-9/h7-9,11,14H,2-6,12H2,1H3. The van der Waals surface area contributed by atoms with Crippen LogP contribution in [0.2, 0.25) is 0 Å². The van der Waals surface area contributed by atoms with Crippen molar-refractivity contribution >= 4 is 0 Å². The lowest BCUT2D eigenvalue weighted by Gasteiger charge is -2.23. The molecule has 1 aromatic rings. The summed E-state index contributed by atoms with van der Waals surface area (Å²) in [6, 6.07) is 2.35. The predicted octanol–water partition coefficient (Wildman–Crippen LogP) is 1.60. The first-order valence-electron chi connectivity index (χ1n) is 5.84. The summed E-state index contributed by atoms with van der Waals surface area (Å²) in [5.74, 6) is 6.35. The number of aryl methyl sites for hydroxylation is 1. The summed E-state index contributed by atoms with van der Waals surface area (Å²) >= 11 is 0. The molecule has 0 bridgehead atoms. The van der Waals surface area contributed by atoms with E-state index >= 15 is 0 Å². The highest BCUT2D eigenvalue weighted by atomic mass is 15.3. The SMILES string of the molecule is CCn1nccc1C(NN)C1CCCC1. The van der Waals surface area contributed by atoms with E-state index in [0.717, 1.165) is 6.54 Å². The smallest absolute Gasteiger partial charge is 0.0657 e. The van der Waals surface area contributed by atoms with Crippen LogP contribution in [0.3, 0.4) is 0 Å². The van der Waals surface area contributed by atoms with Gasteiger partial charge < -0.3 is 0 Å². The first-order chi connectivity index (χ1) is 7.36. The number of hydrogen-bond acceptors (Lipinski definition) is 3. The van der Waals surface area contributed by atoms with Gasteiger partial charge in [-0.3, -0.25) is 16.0 Å². The molecule has 0 aliphatic heterocycles. The van der Waals surface area contributed by atoms with Crippen molar-refractivity contribution in [2.75, 3.05) is 0 Å². The molecule has 1 saturated carbocycles. The zero-order valence-electron chi connectivity index (χ0n) is 9.32. The number of hydrazine groups is 1. The summed E-state index contributed by atoms with van der Waals surface area (Å²) in [7, 11) is 0. The maximum absolute atomic E-state index is 5.68. The van der Waals surface area contributed by atoms with E-state index in [1.54, 1.807) is 0 Å². The molecule has 84 valence electrons. The molecule has 1 atom stereocenters. The zero-order chi connectivity index (χ0) is 10.7. The molecule has 1 unspecified atom stereocenters. The molecule has 0 amide bonds. The van der Waals surface area contributed by atoms with Gasteiger partial charge in [0.2, 0.25) is 0 Å². The Morgan fingerprint density at radius 3 is 2.93 bits per heavy atom. The molecule has 0 saturated heterocycles. The van der Waals surface area contributed by atoms with Gasteiger partial charge in [-0.25, -0.2) is 0 Å². The Balaban J connectivity index is 2.17. The van der Waals surface area contributed by atoms with Crippen LogP contribution in [0.25, 0.3) is 0 Å². The van der Waals surface area contributed by atoms with Crippen LogP contribution in [0, 0.1) is 5.92 Å². The van der Waals surface area contributed by atoms with E-state index in [1.165, 1.54) is 31.4 Å². The lowest BCUT2D eigenvalue weighted by molar-refractivity contribution is 0.351. The highest BCUT2D eigenvalue weighted by Crippen LogP contribution is 2.34. The lowest BCUT2D eigenvalue weighted by Crippen LogP contribution is -2.34. The molecule has 1 fully saturated rings. The van der Waals surface area contributed by atoms with Crippen LogP contribution >= 0.6 is 0 Å². The minimum Gasteiger partial charge on any atom is -0.271 e. The third-order valence-corrected chi connectivity index (χ3v) is 3.42. The van der Waals surface area contributed by atoms with E-state index in [2.05, 4.69) is 23.5 Å². The van der Waals surface area contributed by atoms with Crippen LogP contribution in [0.1, 0.15) is 44.3 Å². The fourth-order valence-corrected chi connectivity index (χ4v) is 2.62. The van der Waals surface area contributed by atoms with E-state index in [0.29, 0.717) is 5.92 Å². The van der Waals surface area contributed by atoms with Gasteiger partial charge in [-0.1, -0.05) is 12.8 Å². The summed E-state index contributed by atoms with van der Waals surface area (Å²) in [5, 5.41) is 4.30. The summed E-state index contributed by atoms with van der Waals surface area (Å²) in [6.07, 6.45) is 7.10. The predicted molar refractivity (Wildman–Crippen MR) is 59.9 cm³/mol. The van der Waals surface area contributed by atoms with Crippen LogP contribution in [0.5, 0.6) is 0 Å². The molecule has 15 heavy (non-hydrogen) atoms. The number of nitrogens with zero attached hydrogens (tertiary/aromatic N) is 2. The molecule has 0 spiro atoms. The minimum absolute atomic E-state index is 0.273. The second-order valence-corrected chi connectivity index (χ2v) is 4.26. The Labute approximate surface area is 90.8 Å². The third-order valence-electron chi connectivity index (χ3n) is 3.42. The average Bonchev–Trinajstić information content (AvgIpc) is 2.89. The molecule has 1 aliphatic rings. The number of nitrogens with two attached hydrogens (primary N) is 1. The van der Waals surface area contributed by atoms with Crippen molar-refractivity contribution in [1.82, 2.24) is 15.2 Å². The summed E-state index contributed by atoms with van der Waals surface area (Å²) in [6.45, 7) is 3.02. The molecule has 3 N–H and O–H groups in total. The Morgan fingerprint density at radius 2 is 2.33 bits per heavy atom. The fraction of sp³-hybridized carbons (Fsp3) is 0.727. The van der Waals surface area contributed by atoms with E-state index in [9.17, 15) is 0 Å². The second kappa shape index (κ2) is 4.77. The summed E-state index contributed by atoms with van der Waals surface area (Å²) < 4.78 is 2.03. The third kappa shape index (κ3) is 2.06. The fourth-order valence-electron chi connectivity index (χ4n) is 2.62. The van der Waals surface area contributed by atoms with Gasteiger partial charge in [-0.05, 0) is 31.7 Å². The van der Waals surface area contributed by atoms with Gasteiger partial charge in [-0.2, -0.15) is 5.10 Å². The average molecular weight is 208 g/mol. The molecule has 1 aliphatic carbocycles. The Morgan fingerprint density at radius 1 is 1.60 bits per heavy atom. The molecule has 2 rings (SSSR count). The molecule has 4 nitrogen and oxygen atoms in total. The van der Waals surface area contributed by atoms with Crippen molar-refractivity contribution in [3.05, 3.63) is 18.0 Å². The largest absolute Gasteiger partial charge is 0.271 e. The van der Waals surface area contributed by atoms with E-state index in [-0.39, 0.29) is 6.04 Å². The number of rotatable bonds is 4. The molecule has 4 heteroatoms. The van der Waals surface area contributed by atoms with E-state index in [4.69, 9.17) is 5.84 Å². The van der Waals surface area contributed by atoms with E-state index in [1.807, 2.05) is 10.9 Å². The molecule has 0 radical (unpaired) electrons. The first-order valence-corrected chi connectivity index (χ1v) is 5.84. The van der Waals surface area contributed by atoms with Crippen molar-refractivity contribution in [3.63, 3.8) is 0 Å². The molecular weight excluding hydrogens is 188 g/mol. The topological polar surface area (TPSA) is 55.9 Å². The van der Waals surface area contributed by atoms with Crippen molar-refractivity contribution in [2.45, 2.75) is 45.2 Å². The van der Waals surface area contributed by atoms with Gasteiger partial charge >= 0.3 is 0 Å². The zero-order valence-corrected chi connectivity index (χ0v) is 9.32. The van der Waals surface area contributed by atoms with Crippen LogP contribution in [-0.2, 0) is 6.54 Å². The Kier molecular flexibility index (Phi) is 3.38. The van der Waals surface area contributed by atoms with Gasteiger partial charge in [-0.15, -0.1) is 0 Å². The quantitative estimate of drug-likeness (QED) is 0.583. The number of aromatic nitrogens is 2. The molecule has 1 heterocycles. The summed E-state index contributed by atoms with van der Waals surface area (Å²) in [4.78, 5) is 0. The van der Waals surface area contributed by atoms with Gasteiger partial charge in [0.05, 0.1) is 11.7 Å². The molecular formula is C11H20N4. The first kappa shape index (κ1) is 10.6. The van der Waals surface area contributed by atoms with E-state index < -0.39 is 0 Å². The highest BCUT2D eigenvalue weighted by molar-refractivity contribution is 5.08. The maximum Gasteiger partial charge on any atom is 0.0657 e. The van der Waals surface area contributed by atoms with Crippen LogP contribution in [0.4, 0.5) is 0 Å². The van der Waals surface area contributed by atoms with Gasteiger partial charge in [0, 0.05) is 12.7 Å². The monoisotopic (exact) mass is 208 g/mol. The van der Waals surface area contributed by atoms with Crippen LogP contribution in [0.15, 0.2) is 12.3 Å². The lowest BCUT2D eigenvalue weighted by atomic mass is 9.96. The molecule has 1 aromatic heterocycles. The highest BCUT2D eigenvalue weighted by Gasteiger charge is 2.27. The van der Waals surface area contributed by atoms with Crippen molar-refractivity contribution in [2.24, 2.45) is 11.8 Å². The Bertz CT molecular complexity index is 301. The van der Waals surface area contributed by atoms with Gasteiger partial charge in [0.25, 0.3) is 0 Å². The van der Waals surface area contributed by atoms with Gasteiger partial charge in [0.15, 0.2) is 0 Å². The Hall–Kier alpha value is -0.870. The molecule has 0 aromatic carbocycles. The number of hydrogen-bond donors (Lipinski definition) is 2. The second-order valence-electron chi connectivity index (χ2n) is 4.26. The van der Waals surface area contributed by atoms with Crippen molar-refractivity contribution in [1.29, 1.82) is 0 Å². The van der Waals surface area contributed by atoms with Gasteiger partial charge in [0.1, 0.15) is 0 Å². The maximum atomic E-state index is 5.68. The van der Waals surface area contributed by atoms with Crippen LogP contribution < -0.4 is 11.3 Å². The minimum atomic E-state index is 0.273. The normalized spacial score (nSPS) is 19.6. The summed E-state index contributed by atoms with van der Waals surface area (Å²) in [5.41, 5.74) is 4.19.